The summed E-state index contributed by atoms with van der Waals surface area (Å²) in [6, 6.07) is -0.603. The van der Waals surface area contributed by atoms with Gasteiger partial charge in [0, 0.05) is 6.42 Å². The average molecular weight is 244 g/mol. The number of carbonyl (C=O) groups is 2. The number of nitrogens with two attached hydrogens (primary N) is 1. The van der Waals surface area contributed by atoms with Gasteiger partial charge in [-0.1, -0.05) is 39.5 Å². The molecule has 1 unspecified atom stereocenters. The summed E-state index contributed by atoms with van der Waals surface area (Å²) in [5, 5.41) is 2.67. The zero-order chi connectivity index (χ0) is 13.1. The van der Waals surface area contributed by atoms with E-state index in [4.69, 9.17) is 5.90 Å². The molecule has 5 heteroatoms. The van der Waals surface area contributed by atoms with E-state index in [0.717, 1.165) is 32.1 Å². The van der Waals surface area contributed by atoms with Gasteiger partial charge >= 0.3 is 5.97 Å². The molecule has 100 valence electrons. The second-order valence-corrected chi connectivity index (χ2v) is 4.16. The molecule has 0 aromatic heterocycles. The highest BCUT2D eigenvalue weighted by atomic mass is 16.7. The maximum absolute atomic E-state index is 11.6. The smallest absolute Gasteiger partial charge is 0.347 e. The first-order chi connectivity index (χ1) is 8.15. The van der Waals surface area contributed by atoms with Crippen molar-refractivity contribution in [1.82, 2.24) is 5.32 Å². The predicted octanol–water partition coefficient (Wildman–Crippen LogP) is 1.66. The van der Waals surface area contributed by atoms with E-state index in [1.807, 2.05) is 6.92 Å². The molecule has 0 aromatic rings. The first kappa shape index (κ1) is 15.9. The van der Waals surface area contributed by atoms with Gasteiger partial charge in [0.1, 0.15) is 6.04 Å². The van der Waals surface area contributed by atoms with Crippen LogP contribution in [0.3, 0.4) is 0 Å². The van der Waals surface area contributed by atoms with E-state index in [1.165, 1.54) is 0 Å². The van der Waals surface area contributed by atoms with Crippen LogP contribution in [0.25, 0.3) is 0 Å². The molecule has 0 rings (SSSR count). The predicted molar refractivity (Wildman–Crippen MR) is 65.9 cm³/mol. The molecule has 3 N–H and O–H groups in total. The summed E-state index contributed by atoms with van der Waals surface area (Å²) in [5.74, 6) is 4.17. The number of nitrogens with one attached hydrogen (secondary N) is 1. The monoisotopic (exact) mass is 244 g/mol. The second kappa shape index (κ2) is 10.1. The number of amides is 1. The van der Waals surface area contributed by atoms with Gasteiger partial charge in [-0.25, -0.2) is 4.79 Å². The molecular formula is C12H24N2O3. The maximum atomic E-state index is 11.6. The molecule has 1 atom stereocenters. The fourth-order valence-electron chi connectivity index (χ4n) is 1.54. The van der Waals surface area contributed by atoms with E-state index in [1.54, 1.807) is 0 Å². The van der Waals surface area contributed by atoms with Crippen molar-refractivity contribution in [2.45, 2.75) is 64.8 Å². The van der Waals surface area contributed by atoms with Gasteiger partial charge in [-0.15, -0.1) is 0 Å². The lowest BCUT2D eigenvalue weighted by molar-refractivity contribution is -0.148. The lowest BCUT2D eigenvalue weighted by Gasteiger charge is -2.15. The van der Waals surface area contributed by atoms with Gasteiger partial charge in [0.2, 0.25) is 5.91 Å². The van der Waals surface area contributed by atoms with E-state index < -0.39 is 12.0 Å². The number of rotatable bonds is 9. The Hall–Kier alpha value is -1.10. The van der Waals surface area contributed by atoms with Crippen molar-refractivity contribution in [2.75, 3.05) is 0 Å². The van der Waals surface area contributed by atoms with Crippen LogP contribution in [0.1, 0.15) is 58.8 Å². The molecule has 0 aliphatic rings. The standard InChI is InChI=1S/C12H24N2O3/c1-3-5-7-9-11(15)14-10(8-6-4-2)12(16)17-13/h10H,3-9,13H2,1-2H3,(H,14,15). The van der Waals surface area contributed by atoms with Crippen LogP contribution in [0.2, 0.25) is 0 Å². The van der Waals surface area contributed by atoms with E-state index in [9.17, 15) is 9.59 Å². The van der Waals surface area contributed by atoms with E-state index in [-0.39, 0.29) is 5.91 Å². The summed E-state index contributed by atoms with van der Waals surface area (Å²) in [6.45, 7) is 4.10. The Bertz CT molecular complexity index is 232. The van der Waals surface area contributed by atoms with Crippen LogP contribution in [0.15, 0.2) is 0 Å². The van der Waals surface area contributed by atoms with Crippen LogP contribution in [-0.2, 0) is 14.4 Å². The molecule has 0 aromatic carbocycles. The van der Waals surface area contributed by atoms with Crippen LogP contribution < -0.4 is 11.2 Å². The average Bonchev–Trinajstić information content (AvgIpc) is 2.33. The van der Waals surface area contributed by atoms with Gasteiger partial charge < -0.3 is 10.2 Å². The third-order valence-corrected chi connectivity index (χ3v) is 2.59. The van der Waals surface area contributed by atoms with Gasteiger partial charge in [-0.2, -0.15) is 5.90 Å². The lowest BCUT2D eigenvalue weighted by atomic mass is 10.1. The Morgan fingerprint density at radius 2 is 1.82 bits per heavy atom. The summed E-state index contributed by atoms with van der Waals surface area (Å²) >= 11 is 0. The molecule has 5 nitrogen and oxygen atoms in total. The second-order valence-electron chi connectivity index (χ2n) is 4.16. The highest BCUT2D eigenvalue weighted by Crippen LogP contribution is 2.04. The summed E-state index contributed by atoms with van der Waals surface area (Å²) in [7, 11) is 0. The van der Waals surface area contributed by atoms with Crippen LogP contribution in [0, 0.1) is 0 Å². The summed E-state index contributed by atoms with van der Waals surface area (Å²) in [6.07, 6.45) is 5.78. The van der Waals surface area contributed by atoms with E-state index >= 15 is 0 Å². The third-order valence-electron chi connectivity index (χ3n) is 2.59. The van der Waals surface area contributed by atoms with E-state index in [0.29, 0.717) is 12.8 Å². The largest absolute Gasteiger partial charge is 0.372 e. The molecule has 0 radical (unpaired) electrons. The number of unbranched alkanes of at least 4 members (excludes halogenated alkanes) is 3. The Balaban J connectivity index is 4.03. The van der Waals surface area contributed by atoms with Gasteiger partial charge in [0.15, 0.2) is 0 Å². The Morgan fingerprint density at radius 1 is 1.18 bits per heavy atom. The molecule has 0 saturated heterocycles. The first-order valence-corrected chi connectivity index (χ1v) is 6.35. The Kier molecular flexibility index (Phi) is 9.43. The number of hydrogen-bond donors (Lipinski definition) is 2. The van der Waals surface area contributed by atoms with Crippen LogP contribution in [0.4, 0.5) is 0 Å². The number of carbonyl (C=O) groups excluding carboxylic acids is 2. The Morgan fingerprint density at radius 3 is 2.35 bits per heavy atom. The third kappa shape index (κ3) is 7.74. The van der Waals surface area contributed by atoms with Gasteiger partial charge in [-0.3, -0.25) is 4.79 Å². The van der Waals surface area contributed by atoms with Gasteiger partial charge in [-0.05, 0) is 12.8 Å². The van der Waals surface area contributed by atoms with Crippen molar-refractivity contribution in [1.29, 1.82) is 0 Å². The molecule has 0 heterocycles. The minimum Gasteiger partial charge on any atom is -0.372 e. The summed E-state index contributed by atoms with van der Waals surface area (Å²) in [4.78, 5) is 27.1. The molecule has 0 saturated carbocycles. The lowest BCUT2D eigenvalue weighted by Crippen LogP contribution is -2.42. The van der Waals surface area contributed by atoms with Crippen molar-refractivity contribution >= 4 is 11.9 Å². The van der Waals surface area contributed by atoms with Crippen molar-refractivity contribution in [3.05, 3.63) is 0 Å². The molecule has 0 fully saturated rings. The summed E-state index contributed by atoms with van der Waals surface area (Å²) < 4.78 is 0. The molecule has 0 aliphatic carbocycles. The van der Waals surface area contributed by atoms with Crippen LogP contribution in [0.5, 0.6) is 0 Å². The molecule has 0 aliphatic heterocycles. The molecule has 0 bridgehead atoms. The van der Waals surface area contributed by atoms with Crippen LogP contribution in [-0.4, -0.2) is 17.9 Å². The molecule has 1 amide bonds. The van der Waals surface area contributed by atoms with Gasteiger partial charge in [0.25, 0.3) is 0 Å². The summed E-state index contributed by atoms with van der Waals surface area (Å²) in [5.41, 5.74) is 0. The van der Waals surface area contributed by atoms with Crippen LogP contribution >= 0.6 is 0 Å². The molecular weight excluding hydrogens is 220 g/mol. The van der Waals surface area contributed by atoms with Crippen molar-refractivity contribution in [2.24, 2.45) is 5.90 Å². The fourth-order valence-corrected chi connectivity index (χ4v) is 1.54. The maximum Gasteiger partial charge on any atom is 0.347 e. The zero-order valence-corrected chi connectivity index (χ0v) is 10.8. The first-order valence-electron chi connectivity index (χ1n) is 6.35. The minimum atomic E-state index is -0.603. The fraction of sp³-hybridized carbons (Fsp3) is 0.833. The zero-order valence-electron chi connectivity index (χ0n) is 10.8. The molecule has 17 heavy (non-hydrogen) atoms. The molecule has 0 spiro atoms. The SMILES string of the molecule is CCCCCC(=O)NC(CCCC)C(=O)ON. The topological polar surface area (TPSA) is 81.4 Å². The van der Waals surface area contributed by atoms with Crippen molar-refractivity contribution in [3.63, 3.8) is 0 Å². The highest BCUT2D eigenvalue weighted by Gasteiger charge is 2.20. The minimum absolute atomic E-state index is 0.107. The number of hydrogen-bond acceptors (Lipinski definition) is 4. The highest BCUT2D eigenvalue weighted by molar-refractivity contribution is 5.84. The Labute approximate surface area is 103 Å². The quantitative estimate of drug-likeness (QED) is 0.477. The van der Waals surface area contributed by atoms with E-state index in [2.05, 4.69) is 17.1 Å². The normalized spacial score (nSPS) is 11.9. The van der Waals surface area contributed by atoms with Crippen molar-refractivity contribution in [3.8, 4) is 0 Å². The van der Waals surface area contributed by atoms with Crippen molar-refractivity contribution < 1.29 is 14.4 Å². The van der Waals surface area contributed by atoms with Gasteiger partial charge in [0.05, 0.1) is 0 Å².